The minimum atomic E-state index is 0.331. The first-order valence-electron chi connectivity index (χ1n) is 5.68. The van der Waals surface area contributed by atoms with Gasteiger partial charge in [-0.05, 0) is 21.6 Å². The van der Waals surface area contributed by atoms with E-state index in [2.05, 4.69) is 48.1 Å². The molecule has 0 radical (unpaired) electrons. The van der Waals surface area contributed by atoms with Gasteiger partial charge in [-0.2, -0.15) is 0 Å². The molecule has 0 aliphatic carbocycles. The van der Waals surface area contributed by atoms with Gasteiger partial charge in [-0.15, -0.1) is 5.10 Å². The van der Waals surface area contributed by atoms with Crippen LogP contribution in [0.25, 0.3) is 6.08 Å². The van der Waals surface area contributed by atoms with Crippen LogP contribution in [-0.4, -0.2) is 20.2 Å². The van der Waals surface area contributed by atoms with Gasteiger partial charge in [-0.25, -0.2) is 4.68 Å². The minimum Gasteiger partial charge on any atom is -0.225 e. The molecule has 0 saturated carbocycles. The summed E-state index contributed by atoms with van der Waals surface area (Å²) < 4.78 is 1.84. The zero-order valence-electron chi connectivity index (χ0n) is 10.2. The normalized spacial score (nSPS) is 10.8. The summed E-state index contributed by atoms with van der Waals surface area (Å²) in [7, 11) is 0. The smallest absolute Gasteiger partial charge is 0.154 e. The predicted molar refractivity (Wildman–Crippen MR) is 67.5 cm³/mol. The number of tetrazole rings is 1. The van der Waals surface area contributed by atoms with Gasteiger partial charge in [0.2, 0.25) is 0 Å². The van der Waals surface area contributed by atoms with E-state index >= 15 is 0 Å². The quantitative estimate of drug-likeness (QED) is 0.807. The first kappa shape index (κ1) is 11.5. The van der Waals surface area contributed by atoms with Crippen molar-refractivity contribution in [2.45, 2.75) is 26.3 Å². The zero-order valence-corrected chi connectivity index (χ0v) is 10.2. The van der Waals surface area contributed by atoms with E-state index in [0.29, 0.717) is 12.5 Å². The molecule has 0 aliphatic heterocycles. The fourth-order valence-electron chi connectivity index (χ4n) is 1.67. The van der Waals surface area contributed by atoms with Crippen LogP contribution in [0, 0.1) is 0 Å². The van der Waals surface area contributed by atoms with E-state index in [-0.39, 0.29) is 0 Å². The maximum atomic E-state index is 4.03. The molecule has 2 rings (SSSR count). The van der Waals surface area contributed by atoms with Crippen molar-refractivity contribution in [3.05, 3.63) is 47.8 Å². The Hall–Kier alpha value is -1.97. The molecule has 4 heteroatoms. The van der Waals surface area contributed by atoms with Crippen molar-refractivity contribution >= 4 is 6.08 Å². The summed E-state index contributed by atoms with van der Waals surface area (Å²) >= 11 is 0. The van der Waals surface area contributed by atoms with Gasteiger partial charge in [0, 0.05) is 5.92 Å². The Bertz CT molecular complexity index is 496. The van der Waals surface area contributed by atoms with E-state index in [9.17, 15) is 0 Å². The summed E-state index contributed by atoms with van der Waals surface area (Å²) in [5.41, 5.74) is 2.30. The molecule has 0 saturated heterocycles. The second-order valence-corrected chi connectivity index (χ2v) is 4.30. The lowest BCUT2D eigenvalue weighted by Crippen LogP contribution is -2.08. The fraction of sp³-hybridized carbons (Fsp3) is 0.308. The van der Waals surface area contributed by atoms with Crippen LogP contribution in [0.1, 0.15) is 36.7 Å². The molecule has 1 heterocycles. The van der Waals surface area contributed by atoms with Crippen molar-refractivity contribution < 1.29 is 0 Å². The Morgan fingerprint density at radius 3 is 2.59 bits per heavy atom. The molecule has 0 spiro atoms. The number of benzene rings is 1. The van der Waals surface area contributed by atoms with Crippen molar-refractivity contribution in [3.63, 3.8) is 0 Å². The summed E-state index contributed by atoms with van der Waals surface area (Å²) in [6, 6.07) is 8.23. The van der Waals surface area contributed by atoms with Crippen molar-refractivity contribution in [3.8, 4) is 0 Å². The molecule has 0 N–H and O–H groups in total. The lowest BCUT2D eigenvalue weighted by molar-refractivity contribution is 0.596. The first-order valence-corrected chi connectivity index (χ1v) is 5.68. The summed E-state index contributed by atoms with van der Waals surface area (Å²) in [5, 5.41) is 11.8. The summed E-state index contributed by atoms with van der Waals surface area (Å²) in [6.45, 7) is 8.61. The van der Waals surface area contributed by atoms with E-state index in [0.717, 1.165) is 11.4 Å². The van der Waals surface area contributed by atoms with Gasteiger partial charge in [0.15, 0.2) is 5.82 Å². The molecular formula is C13H16N4. The third-order valence-electron chi connectivity index (χ3n) is 2.62. The van der Waals surface area contributed by atoms with E-state index in [1.54, 1.807) is 0 Å². The molecule has 0 unspecified atom stereocenters. The second-order valence-electron chi connectivity index (χ2n) is 4.30. The Morgan fingerprint density at radius 2 is 2.00 bits per heavy atom. The number of aromatic nitrogens is 4. The lowest BCUT2D eigenvalue weighted by atomic mass is 10.1. The highest BCUT2D eigenvalue weighted by Gasteiger charge is 2.09. The third-order valence-corrected chi connectivity index (χ3v) is 2.62. The van der Waals surface area contributed by atoms with Crippen LogP contribution in [0.5, 0.6) is 0 Å². The highest BCUT2D eigenvalue weighted by atomic mass is 15.5. The van der Waals surface area contributed by atoms with Crippen LogP contribution in [0.2, 0.25) is 0 Å². The predicted octanol–water partition coefficient (Wildman–Crippen LogP) is 2.49. The molecular weight excluding hydrogens is 212 g/mol. The molecule has 0 atom stereocenters. The Morgan fingerprint density at radius 1 is 1.29 bits per heavy atom. The summed E-state index contributed by atoms with van der Waals surface area (Å²) in [5.74, 6) is 1.25. The maximum absolute atomic E-state index is 4.03. The molecule has 88 valence electrons. The van der Waals surface area contributed by atoms with Crippen molar-refractivity contribution in [2.75, 3.05) is 0 Å². The molecule has 1 aromatic heterocycles. The molecule has 0 fully saturated rings. The molecule has 0 bridgehead atoms. The van der Waals surface area contributed by atoms with Crippen LogP contribution in [-0.2, 0) is 6.54 Å². The third kappa shape index (κ3) is 2.58. The van der Waals surface area contributed by atoms with Crippen LogP contribution in [0.15, 0.2) is 30.8 Å². The van der Waals surface area contributed by atoms with Gasteiger partial charge in [-0.1, -0.05) is 50.8 Å². The van der Waals surface area contributed by atoms with Gasteiger partial charge < -0.3 is 0 Å². The van der Waals surface area contributed by atoms with E-state index < -0.39 is 0 Å². The Kier molecular flexibility index (Phi) is 3.32. The van der Waals surface area contributed by atoms with E-state index in [1.807, 2.05) is 22.9 Å². The topological polar surface area (TPSA) is 43.6 Å². The Labute approximate surface area is 101 Å². The fourth-order valence-corrected chi connectivity index (χ4v) is 1.67. The standard InChI is InChI=1S/C13H16N4/c1-4-11-5-7-12(8-6-11)9-17-13(10(2)3)14-15-16-17/h4-8,10H,1,9H2,2-3H3. The van der Waals surface area contributed by atoms with Gasteiger partial charge >= 0.3 is 0 Å². The average molecular weight is 228 g/mol. The molecule has 0 amide bonds. The van der Waals surface area contributed by atoms with Crippen LogP contribution >= 0.6 is 0 Å². The SMILES string of the molecule is C=Cc1ccc(Cn2nnnc2C(C)C)cc1. The molecule has 17 heavy (non-hydrogen) atoms. The summed E-state index contributed by atoms with van der Waals surface area (Å²) in [4.78, 5) is 0. The summed E-state index contributed by atoms with van der Waals surface area (Å²) in [6.07, 6.45) is 1.83. The van der Waals surface area contributed by atoms with Crippen LogP contribution < -0.4 is 0 Å². The first-order chi connectivity index (χ1) is 8.20. The van der Waals surface area contributed by atoms with Crippen molar-refractivity contribution in [1.82, 2.24) is 20.2 Å². The number of nitrogens with zero attached hydrogens (tertiary/aromatic N) is 4. The van der Waals surface area contributed by atoms with Gasteiger partial charge in [0.05, 0.1) is 6.54 Å². The van der Waals surface area contributed by atoms with Gasteiger partial charge in [0.1, 0.15) is 0 Å². The number of rotatable bonds is 4. The highest BCUT2D eigenvalue weighted by Crippen LogP contribution is 2.12. The van der Waals surface area contributed by atoms with Crippen molar-refractivity contribution in [1.29, 1.82) is 0 Å². The number of hydrogen-bond donors (Lipinski definition) is 0. The second kappa shape index (κ2) is 4.91. The molecule has 4 nitrogen and oxygen atoms in total. The molecule has 2 aromatic rings. The largest absolute Gasteiger partial charge is 0.225 e. The van der Waals surface area contributed by atoms with Crippen molar-refractivity contribution in [2.24, 2.45) is 0 Å². The highest BCUT2D eigenvalue weighted by molar-refractivity contribution is 5.47. The van der Waals surface area contributed by atoms with Crippen LogP contribution in [0.4, 0.5) is 0 Å². The van der Waals surface area contributed by atoms with E-state index in [4.69, 9.17) is 0 Å². The average Bonchev–Trinajstić information content (AvgIpc) is 2.78. The zero-order chi connectivity index (χ0) is 12.3. The van der Waals surface area contributed by atoms with Gasteiger partial charge in [-0.3, -0.25) is 0 Å². The monoisotopic (exact) mass is 228 g/mol. The van der Waals surface area contributed by atoms with Crippen LogP contribution in [0.3, 0.4) is 0 Å². The minimum absolute atomic E-state index is 0.331. The lowest BCUT2D eigenvalue weighted by Gasteiger charge is -2.07. The van der Waals surface area contributed by atoms with Gasteiger partial charge in [0.25, 0.3) is 0 Å². The van der Waals surface area contributed by atoms with E-state index in [1.165, 1.54) is 5.56 Å². The molecule has 1 aromatic carbocycles. The molecule has 0 aliphatic rings. The maximum Gasteiger partial charge on any atom is 0.154 e. The Balaban J connectivity index is 2.19. The number of hydrogen-bond acceptors (Lipinski definition) is 3.